The van der Waals surface area contributed by atoms with Gasteiger partial charge in [0.05, 0.1) is 10.8 Å². The van der Waals surface area contributed by atoms with Crippen LogP contribution in [0, 0.1) is 0 Å². The second-order valence-electron chi connectivity index (χ2n) is 1.33. The summed E-state index contributed by atoms with van der Waals surface area (Å²) < 4.78 is 12.2. The van der Waals surface area contributed by atoms with Gasteiger partial charge in [0.25, 0.3) is 0 Å². The van der Waals surface area contributed by atoms with E-state index >= 15 is 0 Å². The topological polar surface area (TPSA) is 29.1 Å². The summed E-state index contributed by atoms with van der Waals surface area (Å²) in [5, 5.41) is 0. The van der Waals surface area contributed by atoms with Crippen molar-refractivity contribution in [2.45, 2.75) is 19.8 Å². The maximum atomic E-state index is 9.61. The van der Waals surface area contributed by atoms with Crippen molar-refractivity contribution < 1.29 is 4.21 Å². The minimum absolute atomic E-state index is 0.442. The molecule has 0 spiro atoms. The minimum Gasteiger partial charge on any atom is -0.0653 e. The Kier molecular flexibility index (Phi) is 5.96. The van der Waals surface area contributed by atoms with Crippen molar-refractivity contribution in [3.63, 3.8) is 0 Å². The van der Waals surface area contributed by atoms with Gasteiger partial charge >= 0.3 is 11.9 Å². The summed E-state index contributed by atoms with van der Waals surface area (Å²) in [5.41, 5.74) is 0. The van der Waals surface area contributed by atoms with Gasteiger partial charge in [-0.1, -0.05) is 13.3 Å². The molecule has 0 bridgehead atoms. The van der Waals surface area contributed by atoms with E-state index in [-0.39, 0.29) is 0 Å². The molecule has 0 aliphatic heterocycles. The van der Waals surface area contributed by atoms with Crippen LogP contribution in [0.3, 0.4) is 0 Å². The summed E-state index contributed by atoms with van der Waals surface area (Å²) in [6.45, 7) is 2.93. The lowest BCUT2D eigenvalue weighted by Crippen LogP contribution is -2.06. The van der Waals surface area contributed by atoms with E-state index < -0.39 is 0 Å². The van der Waals surface area contributed by atoms with Gasteiger partial charge in [-0.3, -0.25) is 0 Å². The van der Waals surface area contributed by atoms with Gasteiger partial charge in [-0.15, -0.1) is 0 Å². The zero-order chi connectivity index (χ0) is 5.54. The molecule has 0 saturated heterocycles. The van der Waals surface area contributed by atoms with Crippen LogP contribution in [0.15, 0.2) is 0 Å². The van der Waals surface area contributed by atoms with Crippen LogP contribution in [0.2, 0.25) is 0 Å². The molecule has 0 heterocycles. The largest absolute Gasteiger partial charge is 0.587 e. The summed E-state index contributed by atoms with van der Waals surface area (Å²) in [4.78, 5) is 0. The van der Waals surface area contributed by atoms with Crippen molar-refractivity contribution >= 4 is 11.9 Å². The predicted molar refractivity (Wildman–Crippen MR) is 31.0 cm³/mol. The second kappa shape index (κ2) is 5.98. The van der Waals surface area contributed by atoms with Crippen molar-refractivity contribution in [3.8, 4) is 0 Å². The van der Waals surface area contributed by atoms with E-state index in [0.29, 0.717) is 11.9 Å². The molecule has 1 N–H and O–H groups in total. The molecule has 0 radical (unpaired) electrons. The fourth-order valence-corrected chi connectivity index (χ4v) is 0.518. The van der Waals surface area contributed by atoms with E-state index in [4.69, 9.17) is 0 Å². The summed E-state index contributed by atoms with van der Waals surface area (Å²) in [7, 11) is 0. The molecule has 0 aromatic heterocycles. The van der Waals surface area contributed by atoms with Crippen LogP contribution in [-0.2, 0) is 16.1 Å². The third-order valence-corrected chi connectivity index (χ3v) is 1.01. The second-order valence-corrected chi connectivity index (χ2v) is 1.79. The van der Waals surface area contributed by atoms with E-state index in [2.05, 4.69) is 11.6 Å². The molecule has 0 rings (SSSR count). The molecule has 42 valence electrons. The van der Waals surface area contributed by atoms with E-state index in [0.717, 1.165) is 19.4 Å². The lowest BCUT2D eigenvalue weighted by Gasteiger charge is -1.80. The molecule has 0 aliphatic carbocycles. The van der Waals surface area contributed by atoms with Gasteiger partial charge in [-0.2, -0.15) is 0 Å². The fourth-order valence-electron chi connectivity index (χ4n) is 0.291. The lowest BCUT2D eigenvalue weighted by atomic mass is 10.3. The van der Waals surface area contributed by atoms with E-state index in [1.165, 1.54) is 0 Å². The van der Waals surface area contributed by atoms with Crippen LogP contribution in [-0.4, -0.2) is 6.54 Å². The van der Waals surface area contributed by atoms with Gasteiger partial charge in [0.2, 0.25) is 0 Å². The molecular formula is C4H10NOS+. The highest BCUT2D eigenvalue weighted by Gasteiger charge is 1.90. The average molecular weight is 120 g/mol. The van der Waals surface area contributed by atoms with Crippen molar-refractivity contribution in [1.29, 1.82) is 0 Å². The maximum absolute atomic E-state index is 9.61. The molecule has 0 saturated carbocycles. The molecule has 3 heteroatoms. The van der Waals surface area contributed by atoms with Crippen molar-refractivity contribution in [2.75, 3.05) is 6.54 Å². The minimum atomic E-state index is 0.442. The highest BCUT2D eigenvalue weighted by atomic mass is 32.2. The zero-order valence-corrected chi connectivity index (χ0v) is 5.25. The predicted octanol–water partition coefficient (Wildman–Crippen LogP) is 0.719. The van der Waals surface area contributed by atoms with Crippen LogP contribution in [0.5, 0.6) is 0 Å². The number of hydrogen-bond donors (Lipinski definition) is 1. The fraction of sp³-hybridized carbons (Fsp3) is 1.00. The molecule has 0 aromatic rings. The Bertz CT molecular complexity index is 49.0. The van der Waals surface area contributed by atoms with Crippen LogP contribution in [0.1, 0.15) is 19.8 Å². The molecule has 0 aliphatic rings. The standard InChI is InChI=1S/C4H10NOS/c1-2-3-4-5-7-6/h2-4H2,1H3,(H,5,6)/q+1. The SMILES string of the molecule is CCCCN[S+]=O. The van der Waals surface area contributed by atoms with Crippen molar-refractivity contribution in [3.05, 3.63) is 0 Å². The number of unbranched alkanes of at least 4 members (excludes halogenated alkanes) is 1. The van der Waals surface area contributed by atoms with E-state index in [1.54, 1.807) is 0 Å². The van der Waals surface area contributed by atoms with Crippen LogP contribution in [0.4, 0.5) is 0 Å². The van der Waals surface area contributed by atoms with Gasteiger partial charge in [-0.05, 0) is 11.1 Å². The average Bonchev–Trinajstić information content (AvgIpc) is 1.69. The third-order valence-electron chi connectivity index (χ3n) is 0.691. The highest BCUT2D eigenvalue weighted by molar-refractivity contribution is 7.63. The third kappa shape index (κ3) is 5.98. The molecule has 7 heavy (non-hydrogen) atoms. The van der Waals surface area contributed by atoms with Gasteiger partial charge in [0, 0.05) is 0 Å². The van der Waals surface area contributed by atoms with E-state index in [1.807, 2.05) is 0 Å². The Morgan fingerprint density at radius 3 is 2.86 bits per heavy atom. The van der Waals surface area contributed by atoms with Gasteiger partial charge in [0.15, 0.2) is 0 Å². The summed E-state index contributed by atoms with van der Waals surface area (Å²) in [6, 6.07) is 0. The first-order valence-corrected chi connectivity index (χ1v) is 3.17. The van der Waals surface area contributed by atoms with Crippen LogP contribution >= 0.6 is 0 Å². The smallest absolute Gasteiger partial charge is 0.0653 e. The number of rotatable bonds is 4. The Balaban J connectivity index is 2.56. The highest BCUT2D eigenvalue weighted by Crippen LogP contribution is 1.79. The molecular weight excluding hydrogens is 110 g/mol. The Hall–Kier alpha value is -0.0200. The zero-order valence-electron chi connectivity index (χ0n) is 4.44. The Labute approximate surface area is 47.9 Å². The Morgan fingerprint density at radius 1 is 1.71 bits per heavy atom. The van der Waals surface area contributed by atoms with Gasteiger partial charge < -0.3 is 0 Å². The molecule has 0 amide bonds. The molecule has 2 nitrogen and oxygen atoms in total. The molecule has 0 aromatic carbocycles. The van der Waals surface area contributed by atoms with E-state index in [9.17, 15) is 4.21 Å². The first kappa shape index (κ1) is 6.98. The molecule has 0 fully saturated rings. The maximum Gasteiger partial charge on any atom is 0.587 e. The first-order chi connectivity index (χ1) is 3.41. The Morgan fingerprint density at radius 2 is 2.43 bits per heavy atom. The normalized spacial score (nSPS) is 8.71. The van der Waals surface area contributed by atoms with Crippen LogP contribution in [0.25, 0.3) is 0 Å². The number of hydrogen-bond acceptors (Lipinski definition) is 1. The number of nitrogens with one attached hydrogen (secondary N) is 1. The monoisotopic (exact) mass is 120 g/mol. The molecule has 0 unspecified atom stereocenters. The first-order valence-electron chi connectivity index (χ1n) is 2.43. The van der Waals surface area contributed by atoms with Gasteiger partial charge in [0.1, 0.15) is 0 Å². The summed E-state index contributed by atoms with van der Waals surface area (Å²) in [6.07, 6.45) is 2.24. The lowest BCUT2D eigenvalue weighted by molar-refractivity contribution is 0.596. The summed E-state index contributed by atoms with van der Waals surface area (Å²) >= 11 is 0.442. The quantitative estimate of drug-likeness (QED) is 0.330. The summed E-state index contributed by atoms with van der Waals surface area (Å²) in [5.74, 6) is 0. The van der Waals surface area contributed by atoms with Crippen molar-refractivity contribution in [1.82, 2.24) is 4.72 Å². The van der Waals surface area contributed by atoms with Gasteiger partial charge in [-0.25, -0.2) is 0 Å². The molecule has 0 atom stereocenters. The van der Waals surface area contributed by atoms with Crippen molar-refractivity contribution in [2.24, 2.45) is 0 Å². The van der Waals surface area contributed by atoms with Crippen LogP contribution < -0.4 is 4.72 Å².